The fraction of sp³-hybridized carbons (Fsp3) is 0.857. The molecule has 5 heteroatoms. The van der Waals surface area contributed by atoms with Crippen LogP contribution >= 0.6 is 0 Å². The molecule has 2 atom stereocenters. The van der Waals surface area contributed by atoms with Crippen LogP contribution in [-0.2, 0) is 9.59 Å². The Kier molecular flexibility index (Phi) is 4.80. The summed E-state index contributed by atoms with van der Waals surface area (Å²) in [6.07, 6.45) is 6.04. The molecule has 2 N–H and O–H groups in total. The van der Waals surface area contributed by atoms with Gasteiger partial charge in [-0.2, -0.15) is 0 Å². The summed E-state index contributed by atoms with van der Waals surface area (Å²) in [6, 6.07) is 0.253. The number of carbonyl (C=O) groups is 2. The minimum Gasteiger partial charge on any atom is -0.481 e. The molecular formula is C14H23NO4. The Bertz CT molecular complexity index is 338. The van der Waals surface area contributed by atoms with Crippen LogP contribution in [0.1, 0.15) is 44.9 Å². The number of hydrogen-bond donors (Lipinski definition) is 2. The monoisotopic (exact) mass is 269 g/mol. The average Bonchev–Trinajstić information content (AvgIpc) is 3.05. The van der Waals surface area contributed by atoms with Crippen molar-refractivity contribution in [1.82, 2.24) is 4.90 Å². The molecule has 0 aromatic heterocycles. The van der Waals surface area contributed by atoms with Crippen molar-refractivity contribution < 1.29 is 19.8 Å². The Balaban J connectivity index is 1.97. The first kappa shape index (κ1) is 14.3. The molecule has 19 heavy (non-hydrogen) atoms. The molecule has 0 saturated heterocycles. The summed E-state index contributed by atoms with van der Waals surface area (Å²) in [5.74, 6) is -1.25. The fourth-order valence-electron chi connectivity index (χ4n) is 3.46. The second kappa shape index (κ2) is 6.37. The molecule has 2 aliphatic rings. The molecule has 0 heterocycles. The van der Waals surface area contributed by atoms with Gasteiger partial charge in [-0.3, -0.25) is 9.59 Å². The van der Waals surface area contributed by atoms with Crippen molar-refractivity contribution in [1.29, 1.82) is 0 Å². The number of nitrogens with zero attached hydrogens (tertiary/aromatic N) is 1. The predicted molar refractivity (Wildman–Crippen MR) is 69.5 cm³/mol. The summed E-state index contributed by atoms with van der Waals surface area (Å²) in [7, 11) is 0. The molecule has 108 valence electrons. The number of aliphatic hydroxyl groups is 1. The standard InChI is InChI=1S/C14H23NO4/c16-8-7-15(12-3-1-2-4-12)13(17)10-5-6-11(9-10)14(18)19/h10-12,16H,1-9H2,(H,18,19). The summed E-state index contributed by atoms with van der Waals surface area (Å²) in [5, 5.41) is 18.1. The van der Waals surface area contributed by atoms with Crippen LogP contribution in [-0.4, -0.2) is 46.2 Å². The third kappa shape index (κ3) is 3.26. The van der Waals surface area contributed by atoms with E-state index >= 15 is 0 Å². The lowest BCUT2D eigenvalue weighted by Gasteiger charge is -2.30. The van der Waals surface area contributed by atoms with Gasteiger partial charge in [-0.25, -0.2) is 0 Å². The summed E-state index contributed by atoms with van der Waals surface area (Å²) >= 11 is 0. The SMILES string of the molecule is O=C(O)C1CCC(C(=O)N(CCO)C2CCCC2)C1. The quantitative estimate of drug-likeness (QED) is 0.787. The van der Waals surface area contributed by atoms with Gasteiger partial charge in [0.05, 0.1) is 12.5 Å². The molecule has 0 radical (unpaired) electrons. The molecule has 2 rings (SSSR count). The first-order chi connectivity index (χ1) is 9.13. The van der Waals surface area contributed by atoms with Crippen LogP contribution in [0.25, 0.3) is 0 Å². The molecular weight excluding hydrogens is 246 g/mol. The van der Waals surface area contributed by atoms with Crippen LogP contribution in [0.2, 0.25) is 0 Å². The molecule has 2 aliphatic carbocycles. The Hall–Kier alpha value is -1.10. The normalized spacial score (nSPS) is 27.6. The highest BCUT2D eigenvalue weighted by atomic mass is 16.4. The topological polar surface area (TPSA) is 77.8 Å². The summed E-state index contributed by atoms with van der Waals surface area (Å²) in [5.41, 5.74) is 0. The van der Waals surface area contributed by atoms with E-state index in [0.29, 0.717) is 25.8 Å². The van der Waals surface area contributed by atoms with E-state index in [1.54, 1.807) is 0 Å². The Morgan fingerprint density at radius 1 is 1.05 bits per heavy atom. The van der Waals surface area contributed by atoms with Crippen molar-refractivity contribution in [3.8, 4) is 0 Å². The number of aliphatic carboxylic acids is 1. The maximum absolute atomic E-state index is 12.5. The number of amides is 1. The van der Waals surface area contributed by atoms with Gasteiger partial charge in [-0.05, 0) is 32.1 Å². The van der Waals surface area contributed by atoms with Crippen molar-refractivity contribution in [3.63, 3.8) is 0 Å². The smallest absolute Gasteiger partial charge is 0.306 e. The molecule has 0 spiro atoms. The van der Waals surface area contributed by atoms with Gasteiger partial charge in [0.2, 0.25) is 5.91 Å². The number of carbonyl (C=O) groups excluding carboxylic acids is 1. The number of hydrogen-bond acceptors (Lipinski definition) is 3. The van der Waals surface area contributed by atoms with Crippen LogP contribution in [0.5, 0.6) is 0 Å². The van der Waals surface area contributed by atoms with Crippen LogP contribution in [0, 0.1) is 11.8 Å². The van der Waals surface area contributed by atoms with E-state index in [9.17, 15) is 9.59 Å². The van der Waals surface area contributed by atoms with E-state index < -0.39 is 5.97 Å². The minimum absolute atomic E-state index is 0.0165. The third-order valence-corrected chi connectivity index (χ3v) is 4.52. The maximum Gasteiger partial charge on any atom is 0.306 e. The zero-order valence-electron chi connectivity index (χ0n) is 11.3. The van der Waals surface area contributed by atoms with Crippen molar-refractivity contribution in [2.75, 3.05) is 13.2 Å². The molecule has 2 fully saturated rings. The van der Waals surface area contributed by atoms with Crippen LogP contribution in [0.3, 0.4) is 0 Å². The fourth-order valence-corrected chi connectivity index (χ4v) is 3.46. The van der Waals surface area contributed by atoms with Gasteiger partial charge < -0.3 is 15.1 Å². The molecule has 0 aromatic rings. The van der Waals surface area contributed by atoms with E-state index in [1.807, 2.05) is 4.90 Å². The molecule has 2 unspecified atom stereocenters. The van der Waals surface area contributed by atoms with Gasteiger partial charge in [0, 0.05) is 18.5 Å². The van der Waals surface area contributed by atoms with Gasteiger partial charge >= 0.3 is 5.97 Å². The van der Waals surface area contributed by atoms with E-state index in [2.05, 4.69) is 0 Å². The number of rotatable bonds is 5. The first-order valence-corrected chi connectivity index (χ1v) is 7.27. The van der Waals surface area contributed by atoms with E-state index in [1.165, 1.54) is 0 Å². The highest BCUT2D eigenvalue weighted by molar-refractivity contribution is 5.81. The zero-order chi connectivity index (χ0) is 13.8. The first-order valence-electron chi connectivity index (χ1n) is 7.27. The number of carboxylic acids is 1. The maximum atomic E-state index is 12.5. The number of aliphatic hydroxyl groups excluding tert-OH is 1. The largest absolute Gasteiger partial charge is 0.481 e. The molecule has 0 aliphatic heterocycles. The molecule has 2 saturated carbocycles. The van der Waals surface area contributed by atoms with Crippen molar-refractivity contribution in [2.45, 2.75) is 51.0 Å². The van der Waals surface area contributed by atoms with Crippen molar-refractivity contribution in [2.24, 2.45) is 11.8 Å². The van der Waals surface area contributed by atoms with Crippen LogP contribution in [0.4, 0.5) is 0 Å². The molecule has 1 amide bonds. The second-order valence-corrected chi connectivity index (χ2v) is 5.74. The second-order valence-electron chi connectivity index (χ2n) is 5.74. The van der Waals surface area contributed by atoms with Gasteiger partial charge in [0.15, 0.2) is 0 Å². The average molecular weight is 269 g/mol. The lowest BCUT2D eigenvalue weighted by Crippen LogP contribution is -2.43. The molecule has 0 bridgehead atoms. The Labute approximate surface area is 113 Å². The predicted octanol–water partition coefficient (Wildman–Crippen LogP) is 1.25. The molecule has 5 nitrogen and oxygen atoms in total. The highest BCUT2D eigenvalue weighted by Gasteiger charge is 2.37. The minimum atomic E-state index is -0.787. The third-order valence-electron chi connectivity index (χ3n) is 4.52. The van der Waals surface area contributed by atoms with Crippen molar-refractivity contribution >= 4 is 11.9 Å². The van der Waals surface area contributed by atoms with Crippen LogP contribution < -0.4 is 0 Å². The van der Waals surface area contributed by atoms with E-state index in [-0.39, 0.29) is 30.4 Å². The lowest BCUT2D eigenvalue weighted by atomic mass is 10.0. The zero-order valence-corrected chi connectivity index (χ0v) is 11.3. The Morgan fingerprint density at radius 3 is 2.21 bits per heavy atom. The summed E-state index contributed by atoms with van der Waals surface area (Å²) in [4.78, 5) is 25.3. The van der Waals surface area contributed by atoms with Gasteiger partial charge in [0.1, 0.15) is 0 Å². The van der Waals surface area contributed by atoms with E-state index in [4.69, 9.17) is 10.2 Å². The number of carboxylic acid groups (broad SMARTS) is 1. The highest BCUT2D eigenvalue weighted by Crippen LogP contribution is 2.34. The Morgan fingerprint density at radius 2 is 1.68 bits per heavy atom. The summed E-state index contributed by atoms with van der Waals surface area (Å²) in [6.45, 7) is 0.370. The van der Waals surface area contributed by atoms with Crippen LogP contribution in [0.15, 0.2) is 0 Å². The summed E-state index contributed by atoms with van der Waals surface area (Å²) < 4.78 is 0. The van der Waals surface area contributed by atoms with Gasteiger partial charge in [-0.1, -0.05) is 12.8 Å². The lowest BCUT2D eigenvalue weighted by molar-refractivity contribution is -0.142. The van der Waals surface area contributed by atoms with Crippen molar-refractivity contribution in [3.05, 3.63) is 0 Å². The van der Waals surface area contributed by atoms with E-state index in [0.717, 1.165) is 25.7 Å². The molecule has 0 aromatic carbocycles. The van der Waals surface area contributed by atoms with Gasteiger partial charge in [-0.15, -0.1) is 0 Å². The van der Waals surface area contributed by atoms with Gasteiger partial charge in [0.25, 0.3) is 0 Å².